The maximum atomic E-state index is 12.3. The quantitative estimate of drug-likeness (QED) is 0.517. The smallest absolute Gasteiger partial charge is 0.319 e. The molecule has 2 fully saturated rings. The van der Waals surface area contributed by atoms with Gasteiger partial charge in [0.15, 0.2) is 5.76 Å². The van der Waals surface area contributed by atoms with Crippen LogP contribution in [0, 0.1) is 19.8 Å². The SMILES string of the molecule is Cc1noc(C)c1NC(=O)N[C@@H]1CC[C@H](CCNC(=O)C2CCOCC2)O[C@H]1CO. The number of aliphatic hydroxyl groups is 1. The maximum Gasteiger partial charge on any atom is 0.319 e. The Labute approximate surface area is 176 Å². The van der Waals surface area contributed by atoms with Gasteiger partial charge in [0.2, 0.25) is 5.91 Å². The van der Waals surface area contributed by atoms with Crippen LogP contribution in [0.2, 0.25) is 0 Å². The Hall–Kier alpha value is -2.17. The molecule has 0 aliphatic carbocycles. The molecule has 10 nitrogen and oxygen atoms in total. The van der Waals surface area contributed by atoms with Crippen LogP contribution < -0.4 is 16.0 Å². The minimum absolute atomic E-state index is 0.0287. The molecule has 3 rings (SSSR count). The van der Waals surface area contributed by atoms with Crippen molar-refractivity contribution < 1.29 is 28.7 Å². The average Bonchev–Trinajstić information content (AvgIpc) is 3.07. The summed E-state index contributed by atoms with van der Waals surface area (Å²) in [7, 11) is 0. The Morgan fingerprint density at radius 3 is 2.60 bits per heavy atom. The Kier molecular flexibility index (Phi) is 8.06. The van der Waals surface area contributed by atoms with Crippen molar-refractivity contribution in [2.45, 2.75) is 64.2 Å². The summed E-state index contributed by atoms with van der Waals surface area (Å²) in [5, 5.41) is 22.1. The first-order chi connectivity index (χ1) is 14.5. The molecular weight excluding hydrogens is 392 g/mol. The van der Waals surface area contributed by atoms with Crippen LogP contribution in [-0.4, -0.2) is 66.8 Å². The number of nitrogens with one attached hydrogen (secondary N) is 3. The van der Waals surface area contributed by atoms with E-state index < -0.39 is 12.1 Å². The second-order valence-corrected chi connectivity index (χ2v) is 7.93. The van der Waals surface area contributed by atoms with Gasteiger partial charge < -0.3 is 35.1 Å². The lowest BCUT2D eigenvalue weighted by atomic mass is 9.96. The molecule has 0 aromatic carbocycles. The molecule has 3 heterocycles. The van der Waals surface area contributed by atoms with Gasteiger partial charge in [0.25, 0.3) is 0 Å². The number of amides is 3. The van der Waals surface area contributed by atoms with Crippen molar-refractivity contribution in [1.82, 2.24) is 15.8 Å². The molecule has 0 unspecified atom stereocenters. The largest absolute Gasteiger partial charge is 0.394 e. The maximum absolute atomic E-state index is 12.3. The van der Waals surface area contributed by atoms with E-state index in [1.165, 1.54) is 0 Å². The molecule has 3 atom stereocenters. The molecule has 3 amide bonds. The van der Waals surface area contributed by atoms with Crippen molar-refractivity contribution in [1.29, 1.82) is 0 Å². The molecule has 0 radical (unpaired) electrons. The van der Waals surface area contributed by atoms with E-state index in [9.17, 15) is 14.7 Å². The highest BCUT2D eigenvalue weighted by molar-refractivity contribution is 5.90. The number of nitrogens with zero attached hydrogens (tertiary/aromatic N) is 1. The first-order valence-electron chi connectivity index (χ1n) is 10.6. The molecule has 168 valence electrons. The van der Waals surface area contributed by atoms with Crippen molar-refractivity contribution in [3.8, 4) is 0 Å². The van der Waals surface area contributed by atoms with E-state index in [0.29, 0.717) is 49.7 Å². The van der Waals surface area contributed by atoms with E-state index in [0.717, 1.165) is 19.3 Å². The molecule has 4 N–H and O–H groups in total. The van der Waals surface area contributed by atoms with E-state index >= 15 is 0 Å². The number of urea groups is 1. The van der Waals surface area contributed by atoms with Gasteiger partial charge in [-0.2, -0.15) is 0 Å². The second-order valence-electron chi connectivity index (χ2n) is 7.93. The van der Waals surface area contributed by atoms with Gasteiger partial charge in [0, 0.05) is 25.7 Å². The summed E-state index contributed by atoms with van der Waals surface area (Å²) >= 11 is 0. The number of carbonyl (C=O) groups excluding carboxylic acids is 2. The highest BCUT2D eigenvalue weighted by Crippen LogP contribution is 2.23. The van der Waals surface area contributed by atoms with Gasteiger partial charge in [0.05, 0.1) is 18.8 Å². The van der Waals surface area contributed by atoms with E-state index in [1.807, 2.05) is 0 Å². The molecule has 2 saturated heterocycles. The molecule has 1 aromatic rings. The highest BCUT2D eigenvalue weighted by Gasteiger charge is 2.32. The van der Waals surface area contributed by atoms with Crippen molar-refractivity contribution in [2.24, 2.45) is 5.92 Å². The molecule has 30 heavy (non-hydrogen) atoms. The number of anilines is 1. The van der Waals surface area contributed by atoms with Gasteiger partial charge in [-0.1, -0.05) is 5.16 Å². The zero-order chi connectivity index (χ0) is 21.5. The number of rotatable bonds is 7. The number of hydrogen-bond donors (Lipinski definition) is 4. The van der Waals surface area contributed by atoms with Crippen molar-refractivity contribution >= 4 is 17.6 Å². The van der Waals surface area contributed by atoms with Gasteiger partial charge >= 0.3 is 6.03 Å². The van der Waals surface area contributed by atoms with Crippen molar-refractivity contribution in [2.75, 3.05) is 31.7 Å². The average molecular weight is 424 g/mol. The van der Waals surface area contributed by atoms with Crippen LogP contribution in [0.15, 0.2) is 4.52 Å². The number of carbonyl (C=O) groups is 2. The normalized spacial score (nSPS) is 25.0. The Morgan fingerprint density at radius 1 is 1.17 bits per heavy atom. The van der Waals surface area contributed by atoms with E-state index in [1.54, 1.807) is 13.8 Å². The molecule has 10 heteroatoms. The van der Waals surface area contributed by atoms with Crippen LogP contribution in [0.25, 0.3) is 0 Å². The first kappa shape index (κ1) is 22.5. The number of aryl methyl sites for hydroxylation is 2. The van der Waals surface area contributed by atoms with Crippen molar-refractivity contribution in [3.63, 3.8) is 0 Å². The second kappa shape index (κ2) is 10.7. The molecule has 1 aromatic heterocycles. The summed E-state index contributed by atoms with van der Waals surface area (Å²) in [5.74, 6) is 0.633. The lowest BCUT2D eigenvalue weighted by molar-refractivity contribution is -0.128. The monoisotopic (exact) mass is 424 g/mol. The Balaban J connectivity index is 1.40. The molecule has 0 saturated carbocycles. The van der Waals surface area contributed by atoms with Gasteiger partial charge in [-0.25, -0.2) is 4.79 Å². The van der Waals surface area contributed by atoms with Gasteiger partial charge in [0.1, 0.15) is 17.5 Å². The minimum Gasteiger partial charge on any atom is -0.394 e. The zero-order valence-electron chi connectivity index (χ0n) is 17.6. The molecular formula is C20H32N4O6. The zero-order valence-corrected chi connectivity index (χ0v) is 17.6. The van der Waals surface area contributed by atoms with Crippen LogP contribution in [0.3, 0.4) is 0 Å². The predicted molar refractivity (Wildman–Crippen MR) is 108 cm³/mol. The van der Waals surface area contributed by atoms with Gasteiger partial charge in [-0.05, 0) is 46.0 Å². The third-order valence-corrected chi connectivity index (χ3v) is 5.74. The van der Waals surface area contributed by atoms with Crippen LogP contribution in [0.5, 0.6) is 0 Å². The number of hydrogen-bond acceptors (Lipinski definition) is 7. The minimum atomic E-state index is -0.495. The van der Waals surface area contributed by atoms with Gasteiger partial charge in [-0.3, -0.25) is 4.79 Å². The van der Waals surface area contributed by atoms with E-state index in [2.05, 4.69) is 21.1 Å². The number of aromatic nitrogens is 1. The summed E-state index contributed by atoms with van der Waals surface area (Å²) in [4.78, 5) is 24.5. The van der Waals surface area contributed by atoms with Crippen LogP contribution in [0.1, 0.15) is 43.6 Å². The Morgan fingerprint density at radius 2 is 1.93 bits per heavy atom. The lowest BCUT2D eigenvalue weighted by Crippen LogP contribution is -2.52. The number of aliphatic hydroxyl groups excluding tert-OH is 1. The third-order valence-electron chi connectivity index (χ3n) is 5.74. The fourth-order valence-electron chi connectivity index (χ4n) is 3.95. The highest BCUT2D eigenvalue weighted by atomic mass is 16.5. The molecule has 0 spiro atoms. The summed E-state index contributed by atoms with van der Waals surface area (Å²) in [5.41, 5.74) is 1.15. The van der Waals surface area contributed by atoms with E-state index in [4.69, 9.17) is 14.0 Å². The predicted octanol–water partition coefficient (Wildman–Crippen LogP) is 1.25. The van der Waals surface area contributed by atoms with Crippen LogP contribution in [-0.2, 0) is 14.3 Å². The molecule has 2 aliphatic rings. The molecule has 2 aliphatic heterocycles. The van der Waals surface area contributed by atoms with Crippen LogP contribution in [0.4, 0.5) is 10.5 Å². The summed E-state index contributed by atoms with van der Waals surface area (Å²) in [6.07, 6.45) is 3.05. The lowest BCUT2D eigenvalue weighted by Gasteiger charge is -2.36. The van der Waals surface area contributed by atoms with Crippen molar-refractivity contribution in [3.05, 3.63) is 11.5 Å². The standard InChI is InChI=1S/C20H32N4O6/c1-12-18(13(2)30-24-12)23-20(27)22-16-4-3-15(29-17(16)11-25)5-8-21-19(26)14-6-9-28-10-7-14/h14-17,25H,3-11H2,1-2H3,(H,21,26)(H2,22,23,27)/t15-,16-,17+/m1/s1. The number of ether oxygens (including phenoxy) is 2. The van der Waals surface area contributed by atoms with Gasteiger partial charge in [-0.15, -0.1) is 0 Å². The van der Waals surface area contributed by atoms with E-state index in [-0.39, 0.29) is 30.6 Å². The molecule has 0 bridgehead atoms. The Bertz CT molecular complexity index is 699. The fraction of sp³-hybridized carbons (Fsp3) is 0.750. The summed E-state index contributed by atoms with van der Waals surface area (Å²) < 4.78 is 16.3. The first-order valence-corrected chi connectivity index (χ1v) is 10.6. The third kappa shape index (κ3) is 5.93. The summed E-state index contributed by atoms with van der Waals surface area (Å²) in [6, 6.07) is -0.692. The van der Waals surface area contributed by atoms with Crippen LogP contribution >= 0.6 is 0 Å². The summed E-state index contributed by atoms with van der Waals surface area (Å²) in [6.45, 7) is 5.09. The fourth-order valence-corrected chi connectivity index (χ4v) is 3.95. The topological polar surface area (TPSA) is 135 Å².